The number of piperazine rings is 1. The number of hydrazine groups is 1. The van der Waals surface area contributed by atoms with E-state index in [9.17, 15) is 14.4 Å². The number of carbonyl (C=O) groups is 3. The van der Waals surface area contributed by atoms with Crippen molar-refractivity contribution in [2.24, 2.45) is 0 Å². The molecule has 0 saturated carbocycles. The van der Waals surface area contributed by atoms with Crippen LogP contribution in [0.4, 0.5) is 10.5 Å². The molecule has 240 valence electrons. The van der Waals surface area contributed by atoms with Crippen LogP contribution in [0, 0.1) is 12.3 Å². The summed E-state index contributed by atoms with van der Waals surface area (Å²) in [6, 6.07) is 25.8. The van der Waals surface area contributed by atoms with E-state index < -0.39 is 18.2 Å². The zero-order chi connectivity index (χ0) is 33.1. The maximum atomic E-state index is 14.3. The van der Waals surface area contributed by atoms with E-state index in [1.807, 2.05) is 73.8 Å². The topological polar surface area (TPSA) is 88.2 Å². The highest BCUT2D eigenvalue weighted by Gasteiger charge is 2.52. The van der Waals surface area contributed by atoms with Crippen LogP contribution < -0.4 is 10.6 Å². The Morgan fingerprint density at radius 2 is 1.72 bits per heavy atom. The van der Waals surface area contributed by atoms with Gasteiger partial charge in [0, 0.05) is 32.2 Å². The number of benzene rings is 4. The summed E-state index contributed by atoms with van der Waals surface area (Å²) in [7, 11) is 1.84. The molecular formula is C36H34Cl2N6O3. The minimum Gasteiger partial charge on any atom is -0.388 e. The average molecular weight is 670 g/mol. The third kappa shape index (κ3) is 6.72. The molecule has 0 aromatic heterocycles. The number of carbonyl (C=O) groups excluding carboxylic acids is 3. The Balaban J connectivity index is 1.31. The minimum atomic E-state index is -0.770. The summed E-state index contributed by atoms with van der Waals surface area (Å²) in [5.74, 6) is 2.17. The molecule has 47 heavy (non-hydrogen) atoms. The summed E-state index contributed by atoms with van der Waals surface area (Å²) >= 11 is 12.2. The van der Waals surface area contributed by atoms with Crippen LogP contribution in [0.2, 0.25) is 10.0 Å². The molecule has 0 radical (unpaired) electrons. The molecule has 2 heterocycles. The van der Waals surface area contributed by atoms with Gasteiger partial charge in [0.05, 0.1) is 29.7 Å². The molecule has 0 spiro atoms. The third-order valence-electron chi connectivity index (χ3n) is 8.69. The molecule has 4 aromatic rings. The summed E-state index contributed by atoms with van der Waals surface area (Å²) in [4.78, 5) is 45.1. The number of urea groups is 1. The summed E-state index contributed by atoms with van der Waals surface area (Å²) in [5.41, 5.74) is 3.61. The van der Waals surface area contributed by atoms with Crippen LogP contribution >= 0.6 is 23.2 Å². The first-order chi connectivity index (χ1) is 22.8. The van der Waals surface area contributed by atoms with Crippen molar-refractivity contribution in [3.05, 3.63) is 112 Å². The van der Waals surface area contributed by atoms with Gasteiger partial charge in [-0.15, -0.1) is 6.42 Å². The molecule has 6 rings (SSSR count). The Bertz CT molecular complexity index is 1850. The molecular weight excluding hydrogens is 635 g/mol. The number of nitrogens with zero attached hydrogens (tertiary/aromatic N) is 4. The Labute approximate surface area is 284 Å². The molecule has 4 aromatic carbocycles. The van der Waals surface area contributed by atoms with Gasteiger partial charge in [0.25, 0.3) is 0 Å². The van der Waals surface area contributed by atoms with Crippen LogP contribution in [-0.4, -0.2) is 76.6 Å². The quantitative estimate of drug-likeness (QED) is 0.234. The second-order valence-corrected chi connectivity index (χ2v) is 12.4. The molecule has 11 heteroatoms. The fourth-order valence-corrected chi connectivity index (χ4v) is 6.66. The van der Waals surface area contributed by atoms with Gasteiger partial charge < -0.3 is 20.4 Å². The van der Waals surface area contributed by atoms with Gasteiger partial charge in [-0.25, -0.2) is 9.80 Å². The number of anilines is 1. The van der Waals surface area contributed by atoms with Crippen molar-refractivity contribution >= 4 is 57.5 Å². The Kier molecular flexibility index (Phi) is 9.55. The van der Waals surface area contributed by atoms with E-state index in [0.717, 1.165) is 33.2 Å². The number of amides is 4. The van der Waals surface area contributed by atoms with Crippen LogP contribution in [0.25, 0.3) is 10.8 Å². The summed E-state index contributed by atoms with van der Waals surface area (Å²) in [6.45, 7) is 0.545. The second kappa shape index (κ2) is 13.9. The first kappa shape index (κ1) is 32.2. The van der Waals surface area contributed by atoms with Crippen LogP contribution in [0.3, 0.4) is 0 Å². The highest BCUT2D eigenvalue weighted by molar-refractivity contribution is 6.42. The van der Waals surface area contributed by atoms with Crippen LogP contribution in [-0.2, 0) is 29.1 Å². The van der Waals surface area contributed by atoms with E-state index >= 15 is 0 Å². The summed E-state index contributed by atoms with van der Waals surface area (Å²) < 4.78 is 0. The maximum Gasteiger partial charge on any atom is 0.333 e. The number of terminal acetylenes is 1. The Morgan fingerprint density at radius 3 is 2.47 bits per heavy atom. The SMILES string of the molecule is C#CCN(C(=O)NCc1ccc(Cl)c(Cl)c1)N1CC(=O)N2[C@@H](Cc3ccc(NC)cc3)C(=O)N(Cc3cccc4ccccc34)C[C@@H]21. The second-order valence-electron chi connectivity index (χ2n) is 11.6. The number of hydrogen-bond donors (Lipinski definition) is 2. The zero-order valence-corrected chi connectivity index (χ0v) is 27.3. The number of hydrogen-bond acceptors (Lipinski definition) is 5. The normalized spacial score (nSPS) is 17.8. The van der Waals surface area contributed by atoms with Crippen molar-refractivity contribution in [3.8, 4) is 12.3 Å². The van der Waals surface area contributed by atoms with Crippen molar-refractivity contribution in [3.63, 3.8) is 0 Å². The van der Waals surface area contributed by atoms with E-state index in [-0.39, 0.29) is 38.0 Å². The lowest BCUT2D eigenvalue weighted by molar-refractivity contribution is -0.157. The highest BCUT2D eigenvalue weighted by Crippen LogP contribution is 2.31. The number of halogens is 2. The van der Waals surface area contributed by atoms with Crippen molar-refractivity contribution in [2.45, 2.75) is 31.7 Å². The first-order valence-electron chi connectivity index (χ1n) is 15.3. The van der Waals surface area contributed by atoms with Crippen molar-refractivity contribution in [1.82, 2.24) is 25.1 Å². The molecule has 2 fully saturated rings. The lowest BCUT2D eigenvalue weighted by atomic mass is 9.98. The molecule has 0 bridgehead atoms. The van der Waals surface area contributed by atoms with Crippen LogP contribution in [0.15, 0.2) is 84.9 Å². The molecule has 4 amide bonds. The fraction of sp³-hybridized carbons (Fsp3) is 0.250. The van der Waals surface area contributed by atoms with Gasteiger partial charge in [0.1, 0.15) is 12.2 Å². The van der Waals surface area contributed by atoms with Gasteiger partial charge in [-0.05, 0) is 51.7 Å². The average Bonchev–Trinajstić information content (AvgIpc) is 3.41. The maximum absolute atomic E-state index is 14.3. The van der Waals surface area contributed by atoms with Crippen molar-refractivity contribution in [1.29, 1.82) is 0 Å². The predicted octanol–water partition coefficient (Wildman–Crippen LogP) is 5.37. The number of fused-ring (bicyclic) bond motifs is 2. The van der Waals surface area contributed by atoms with E-state index in [4.69, 9.17) is 29.6 Å². The molecule has 0 aliphatic carbocycles. The number of rotatable bonds is 9. The lowest BCUT2D eigenvalue weighted by Crippen LogP contribution is -2.66. The minimum absolute atomic E-state index is 0.0712. The summed E-state index contributed by atoms with van der Waals surface area (Å²) in [6.07, 6.45) is 5.45. The van der Waals surface area contributed by atoms with Gasteiger partial charge in [-0.1, -0.05) is 89.8 Å². The molecule has 2 saturated heterocycles. The highest BCUT2D eigenvalue weighted by atomic mass is 35.5. The molecule has 9 nitrogen and oxygen atoms in total. The third-order valence-corrected chi connectivity index (χ3v) is 9.43. The summed E-state index contributed by atoms with van der Waals surface area (Å²) in [5, 5.41) is 12.0. The largest absolute Gasteiger partial charge is 0.388 e. The Morgan fingerprint density at radius 1 is 0.979 bits per heavy atom. The van der Waals surface area contributed by atoms with Gasteiger partial charge in [-0.2, -0.15) is 5.01 Å². The molecule has 2 aliphatic heterocycles. The zero-order valence-electron chi connectivity index (χ0n) is 25.8. The van der Waals surface area contributed by atoms with Crippen molar-refractivity contribution < 1.29 is 14.4 Å². The molecule has 2 atom stereocenters. The van der Waals surface area contributed by atoms with Gasteiger partial charge in [0.15, 0.2) is 0 Å². The predicted molar refractivity (Wildman–Crippen MR) is 184 cm³/mol. The van der Waals surface area contributed by atoms with E-state index in [1.54, 1.807) is 33.0 Å². The number of nitrogens with one attached hydrogen (secondary N) is 2. The standard InChI is InChI=1S/C36H34Cl2N6O3/c1-3-17-42(36(47)40-20-25-13-16-30(37)31(38)18-25)43-23-34(45)44-32(19-24-11-14-28(39-2)15-12-24)35(46)41(22-33(43)44)21-27-9-6-8-26-7-4-5-10-29(26)27/h1,4-16,18,32-33,39H,17,19-23H2,2H3,(H,40,47)/t32-,33+/m0/s1. The van der Waals surface area contributed by atoms with Crippen molar-refractivity contribution in [2.75, 3.05) is 32.0 Å². The Hall–Kier alpha value is -4.75. The van der Waals surface area contributed by atoms with Gasteiger partial charge in [-0.3, -0.25) is 9.59 Å². The van der Waals surface area contributed by atoms with Crippen LogP contribution in [0.5, 0.6) is 0 Å². The van der Waals surface area contributed by atoms with Gasteiger partial charge in [0.2, 0.25) is 11.8 Å². The first-order valence-corrected chi connectivity index (χ1v) is 16.1. The molecule has 2 N–H and O–H groups in total. The van der Waals surface area contributed by atoms with E-state index in [1.165, 1.54) is 5.01 Å². The molecule has 0 unspecified atom stereocenters. The smallest absolute Gasteiger partial charge is 0.333 e. The monoisotopic (exact) mass is 668 g/mol. The van der Waals surface area contributed by atoms with E-state index in [0.29, 0.717) is 23.0 Å². The lowest BCUT2D eigenvalue weighted by Gasteiger charge is -2.46. The fourth-order valence-electron chi connectivity index (χ4n) is 6.34. The van der Waals surface area contributed by atoms with Crippen LogP contribution in [0.1, 0.15) is 16.7 Å². The van der Waals surface area contributed by atoms with E-state index in [2.05, 4.69) is 16.6 Å². The molecule has 2 aliphatic rings. The van der Waals surface area contributed by atoms with Gasteiger partial charge >= 0.3 is 6.03 Å².